The first-order chi connectivity index (χ1) is 27.6. The second kappa shape index (κ2) is 15.0. The van der Waals surface area contributed by atoms with Crippen molar-refractivity contribution < 1.29 is 0 Å². The van der Waals surface area contributed by atoms with E-state index in [2.05, 4.69) is 147 Å². The minimum Gasteiger partial charge on any atom is -0.208 e. The fourth-order valence-corrected chi connectivity index (χ4v) is 8.37. The molecule has 0 amide bonds. The molecule has 9 rings (SSSR count). The Morgan fingerprint density at radius 3 is 1.59 bits per heavy atom. The molecule has 1 heterocycles. The molecule has 2 aliphatic rings. The third kappa shape index (κ3) is 6.37. The highest BCUT2D eigenvalue weighted by molar-refractivity contribution is 5.80. The third-order valence-corrected chi connectivity index (χ3v) is 11.1. The molecule has 0 aliphatic heterocycles. The molecule has 0 fully saturated rings. The number of nitrogens with zero attached hydrogens (tertiary/aromatic N) is 3. The summed E-state index contributed by atoms with van der Waals surface area (Å²) in [5.74, 6) is 1.94. The zero-order valence-electron chi connectivity index (χ0n) is 31.4. The van der Waals surface area contributed by atoms with Gasteiger partial charge in [-0.2, -0.15) is 0 Å². The number of allylic oxidation sites excluding steroid dienone is 9. The number of aromatic nitrogens is 3. The molecule has 3 heteroatoms. The lowest BCUT2D eigenvalue weighted by Crippen LogP contribution is -2.31. The lowest BCUT2D eigenvalue weighted by Gasteiger charge is -2.37. The summed E-state index contributed by atoms with van der Waals surface area (Å²) in [7, 11) is 0. The van der Waals surface area contributed by atoms with Crippen molar-refractivity contribution in [2.45, 2.75) is 25.2 Å². The van der Waals surface area contributed by atoms with Crippen LogP contribution in [0.15, 0.2) is 223 Å². The van der Waals surface area contributed by atoms with Gasteiger partial charge in [0.25, 0.3) is 0 Å². The van der Waals surface area contributed by atoms with Gasteiger partial charge in [0.1, 0.15) is 0 Å². The van der Waals surface area contributed by atoms with Crippen LogP contribution in [0.5, 0.6) is 0 Å². The number of hydrogen-bond acceptors (Lipinski definition) is 3. The summed E-state index contributed by atoms with van der Waals surface area (Å²) in [6.07, 6.45) is 11.3. The highest BCUT2D eigenvalue weighted by Gasteiger charge is 2.47. The molecule has 0 saturated heterocycles. The van der Waals surface area contributed by atoms with E-state index in [0.29, 0.717) is 17.5 Å². The summed E-state index contributed by atoms with van der Waals surface area (Å²) in [5.41, 5.74) is 14.8. The molecule has 2 aliphatic carbocycles. The number of rotatable bonds is 9. The maximum atomic E-state index is 4.92. The highest BCUT2D eigenvalue weighted by atomic mass is 15.0. The molecule has 268 valence electrons. The van der Waals surface area contributed by atoms with Gasteiger partial charge in [0, 0.05) is 16.7 Å². The van der Waals surface area contributed by atoms with Crippen LogP contribution in [0.1, 0.15) is 36.5 Å². The van der Waals surface area contributed by atoms with Crippen molar-refractivity contribution in [1.82, 2.24) is 15.0 Å². The molecule has 3 nitrogen and oxygen atoms in total. The second-order valence-electron chi connectivity index (χ2n) is 14.4. The normalized spacial score (nSPS) is 14.7. The van der Waals surface area contributed by atoms with Crippen LogP contribution >= 0.6 is 0 Å². The van der Waals surface area contributed by atoms with Crippen molar-refractivity contribution in [2.75, 3.05) is 0 Å². The minimum atomic E-state index is -0.366. The summed E-state index contributed by atoms with van der Waals surface area (Å²) < 4.78 is 0. The first-order valence-corrected chi connectivity index (χ1v) is 19.3. The Hall–Kier alpha value is -6.97. The molecule has 0 radical (unpaired) electrons. The fraction of sp³-hybridized carbons (Fsp3) is 0.0755. The van der Waals surface area contributed by atoms with Gasteiger partial charge in [-0.3, -0.25) is 0 Å². The second-order valence-corrected chi connectivity index (χ2v) is 14.4. The molecule has 0 atom stereocenters. The molecule has 6 aromatic carbocycles. The van der Waals surface area contributed by atoms with E-state index in [1.54, 1.807) is 0 Å². The van der Waals surface area contributed by atoms with Gasteiger partial charge in [-0.25, -0.2) is 15.0 Å². The van der Waals surface area contributed by atoms with E-state index in [0.717, 1.165) is 51.8 Å². The van der Waals surface area contributed by atoms with Crippen molar-refractivity contribution in [1.29, 1.82) is 0 Å². The van der Waals surface area contributed by atoms with Crippen LogP contribution in [0.3, 0.4) is 0 Å². The monoisotopic (exact) mass is 719 g/mol. The predicted molar refractivity (Wildman–Crippen MR) is 232 cm³/mol. The maximum Gasteiger partial charge on any atom is 0.164 e. The molecule has 0 saturated carbocycles. The molecule has 0 bridgehead atoms. The Labute approximate surface area is 329 Å². The summed E-state index contributed by atoms with van der Waals surface area (Å²) >= 11 is 0. The Morgan fingerprint density at radius 2 is 1.04 bits per heavy atom. The molecular weight excluding hydrogens is 679 g/mol. The van der Waals surface area contributed by atoms with Gasteiger partial charge < -0.3 is 0 Å². The topological polar surface area (TPSA) is 38.7 Å². The van der Waals surface area contributed by atoms with Gasteiger partial charge in [0.15, 0.2) is 17.5 Å². The van der Waals surface area contributed by atoms with Crippen molar-refractivity contribution in [3.05, 3.63) is 240 Å². The van der Waals surface area contributed by atoms with E-state index < -0.39 is 0 Å². The highest BCUT2D eigenvalue weighted by Crippen LogP contribution is 2.56. The van der Waals surface area contributed by atoms with E-state index >= 15 is 0 Å². The maximum absolute atomic E-state index is 4.92. The molecule has 56 heavy (non-hydrogen) atoms. The van der Waals surface area contributed by atoms with E-state index in [9.17, 15) is 0 Å². The Morgan fingerprint density at radius 1 is 0.554 bits per heavy atom. The first-order valence-electron chi connectivity index (χ1n) is 19.3. The van der Waals surface area contributed by atoms with Gasteiger partial charge in [-0.15, -0.1) is 0 Å². The third-order valence-electron chi connectivity index (χ3n) is 11.1. The largest absolute Gasteiger partial charge is 0.208 e. The van der Waals surface area contributed by atoms with E-state index in [1.165, 1.54) is 33.4 Å². The van der Waals surface area contributed by atoms with Gasteiger partial charge in [0.2, 0.25) is 0 Å². The Balaban J connectivity index is 1.03. The van der Waals surface area contributed by atoms with Gasteiger partial charge >= 0.3 is 0 Å². The van der Waals surface area contributed by atoms with Crippen LogP contribution in [0.4, 0.5) is 0 Å². The van der Waals surface area contributed by atoms with Crippen molar-refractivity contribution in [2.24, 2.45) is 0 Å². The van der Waals surface area contributed by atoms with Crippen molar-refractivity contribution >= 4 is 5.57 Å². The fourth-order valence-electron chi connectivity index (χ4n) is 8.37. The molecule has 0 N–H and O–H groups in total. The Kier molecular flexibility index (Phi) is 9.34. The SMILES string of the molecule is C=C(/C=C\C1=C(C)C2=C(CCC=C2)C1(c1ccccc1)c1ccccc1)c1cccc(-c2ccc(-c3nc(-c4ccccc4)nc(-c4ccccc4)n3)cc2)c1. The lowest BCUT2D eigenvalue weighted by molar-refractivity contribution is 0.687. The smallest absolute Gasteiger partial charge is 0.164 e. The number of hydrogen-bond donors (Lipinski definition) is 0. The molecular formula is C53H41N3. The van der Waals surface area contributed by atoms with Crippen LogP contribution in [-0.2, 0) is 5.41 Å². The van der Waals surface area contributed by atoms with E-state index in [4.69, 9.17) is 15.0 Å². The molecule has 1 aromatic heterocycles. The predicted octanol–water partition coefficient (Wildman–Crippen LogP) is 13.1. The van der Waals surface area contributed by atoms with Crippen LogP contribution in [0, 0.1) is 0 Å². The van der Waals surface area contributed by atoms with Crippen molar-refractivity contribution in [3.8, 4) is 45.3 Å². The molecule has 0 spiro atoms. The average Bonchev–Trinajstić information content (AvgIpc) is 3.54. The summed E-state index contributed by atoms with van der Waals surface area (Å²) in [4.78, 5) is 14.7. The van der Waals surface area contributed by atoms with E-state index in [-0.39, 0.29) is 5.41 Å². The lowest BCUT2D eigenvalue weighted by atomic mass is 9.64. The van der Waals surface area contributed by atoms with Gasteiger partial charge in [-0.1, -0.05) is 195 Å². The standard InChI is InChI=1S/C53H41N3/c1-37(30-35-48-38(2)47-28-15-16-29-49(47)53(48,45-24-11-5-12-25-45)46-26-13-6-14-27-46)43-22-17-23-44(36-43)39-31-33-42(34-32-39)52-55-50(40-18-7-3-8-19-40)54-51(56-52)41-20-9-4-10-21-41/h3-15,17-28,30-36H,1,16,29H2,2H3/b35-30-. The molecule has 7 aromatic rings. The first kappa shape index (κ1) is 34.8. The zero-order valence-corrected chi connectivity index (χ0v) is 31.4. The summed E-state index contributed by atoms with van der Waals surface area (Å²) in [6, 6.07) is 59.3. The van der Waals surface area contributed by atoms with Crippen molar-refractivity contribution in [3.63, 3.8) is 0 Å². The van der Waals surface area contributed by atoms with Gasteiger partial charge in [0.05, 0.1) is 5.41 Å². The average molecular weight is 720 g/mol. The van der Waals surface area contributed by atoms with Crippen LogP contribution in [-0.4, -0.2) is 15.0 Å². The summed E-state index contributed by atoms with van der Waals surface area (Å²) in [6.45, 7) is 6.88. The van der Waals surface area contributed by atoms with Crippen LogP contribution in [0.25, 0.3) is 50.9 Å². The Bertz CT molecular complexity index is 2570. The summed E-state index contributed by atoms with van der Waals surface area (Å²) in [5, 5.41) is 0. The number of benzene rings is 6. The van der Waals surface area contributed by atoms with Crippen LogP contribution in [0.2, 0.25) is 0 Å². The van der Waals surface area contributed by atoms with E-state index in [1.807, 2.05) is 60.7 Å². The minimum absolute atomic E-state index is 0.366. The molecule has 0 unspecified atom stereocenters. The van der Waals surface area contributed by atoms with Gasteiger partial charge in [-0.05, 0) is 81.5 Å². The van der Waals surface area contributed by atoms with Crippen LogP contribution < -0.4 is 0 Å². The zero-order chi connectivity index (χ0) is 37.9. The quantitative estimate of drug-likeness (QED) is 0.139.